The minimum Gasteiger partial charge on any atom is -0.383 e. The van der Waals surface area contributed by atoms with E-state index in [9.17, 15) is 4.79 Å². The Balaban J connectivity index is 2.01. The second-order valence-corrected chi connectivity index (χ2v) is 5.71. The fraction of sp³-hybridized carbons (Fsp3) is 0.357. The lowest BCUT2D eigenvalue weighted by molar-refractivity contribution is 0.0951. The van der Waals surface area contributed by atoms with Gasteiger partial charge in [0.1, 0.15) is 5.01 Å². The Hall–Kier alpha value is -1.95. The summed E-state index contributed by atoms with van der Waals surface area (Å²) in [5.74, 6) is -0.112. The Morgan fingerprint density at radius 1 is 1.40 bits per heavy atom. The molecule has 5 nitrogen and oxygen atoms in total. The maximum absolute atomic E-state index is 12.2. The normalized spacial score (nSPS) is 10.3. The van der Waals surface area contributed by atoms with Gasteiger partial charge >= 0.3 is 0 Å². The second-order valence-electron chi connectivity index (χ2n) is 4.40. The average Bonchev–Trinajstić information content (AvgIpc) is 2.88. The average molecular weight is 290 g/mol. The van der Waals surface area contributed by atoms with Gasteiger partial charge in [-0.3, -0.25) is 9.78 Å². The molecule has 0 radical (unpaired) electrons. The molecule has 0 fully saturated rings. The first-order chi connectivity index (χ1) is 9.70. The molecule has 0 unspecified atom stereocenters. The molecule has 2 aromatic heterocycles. The summed E-state index contributed by atoms with van der Waals surface area (Å²) in [5.41, 5.74) is 1.38. The number of carbonyl (C=O) groups excluding carboxylic acids is 1. The number of pyridine rings is 1. The van der Waals surface area contributed by atoms with Crippen molar-refractivity contribution in [3.63, 3.8) is 0 Å². The highest BCUT2D eigenvalue weighted by Crippen LogP contribution is 2.14. The minimum absolute atomic E-state index is 0.112. The van der Waals surface area contributed by atoms with Crippen LogP contribution < -0.4 is 10.6 Å². The number of rotatable bonds is 6. The van der Waals surface area contributed by atoms with Gasteiger partial charge in [0.05, 0.1) is 24.0 Å². The van der Waals surface area contributed by atoms with Crippen molar-refractivity contribution < 1.29 is 4.79 Å². The van der Waals surface area contributed by atoms with Crippen LogP contribution in [0.25, 0.3) is 0 Å². The van der Waals surface area contributed by atoms with Crippen molar-refractivity contribution in [3.8, 4) is 0 Å². The molecule has 20 heavy (non-hydrogen) atoms. The fourth-order valence-electron chi connectivity index (χ4n) is 1.73. The zero-order valence-corrected chi connectivity index (χ0v) is 12.5. The molecule has 0 aromatic carbocycles. The standard InChI is InChI=1S/C14H18N4OS/c1-3-5-16-12-8-15-6-4-11(12)14(19)18-9-13-17-7-10(2)20-13/h4,6-8,16H,3,5,9H2,1-2H3,(H,18,19). The Morgan fingerprint density at radius 2 is 2.25 bits per heavy atom. The van der Waals surface area contributed by atoms with E-state index in [-0.39, 0.29) is 5.91 Å². The molecular formula is C14H18N4OS. The zero-order valence-electron chi connectivity index (χ0n) is 11.6. The van der Waals surface area contributed by atoms with Crippen molar-refractivity contribution >= 4 is 22.9 Å². The summed E-state index contributed by atoms with van der Waals surface area (Å²) in [6.45, 7) is 5.34. The van der Waals surface area contributed by atoms with Crippen LogP contribution in [0.5, 0.6) is 0 Å². The van der Waals surface area contributed by atoms with E-state index >= 15 is 0 Å². The summed E-state index contributed by atoms with van der Waals surface area (Å²) in [4.78, 5) is 21.6. The van der Waals surface area contributed by atoms with Gasteiger partial charge in [-0.15, -0.1) is 11.3 Å². The quantitative estimate of drug-likeness (QED) is 0.858. The lowest BCUT2D eigenvalue weighted by atomic mass is 10.2. The van der Waals surface area contributed by atoms with E-state index in [0.29, 0.717) is 12.1 Å². The van der Waals surface area contributed by atoms with Crippen molar-refractivity contribution in [3.05, 3.63) is 40.1 Å². The van der Waals surface area contributed by atoms with Crippen LogP contribution >= 0.6 is 11.3 Å². The van der Waals surface area contributed by atoms with Crippen molar-refractivity contribution in [1.82, 2.24) is 15.3 Å². The van der Waals surface area contributed by atoms with Crippen molar-refractivity contribution in [2.45, 2.75) is 26.8 Å². The summed E-state index contributed by atoms with van der Waals surface area (Å²) in [6, 6.07) is 1.72. The highest BCUT2D eigenvalue weighted by molar-refractivity contribution is 7.11. The largest absolute Gasteiger partial charge is 0.383 e. The van der Waals surface area contributed by atoms with Crippen LogP contribution in [0.15, 0.2) is 24.7 Å². The summed E-state index contributed by atoms with van der Waals surface area (Å²) >= 11 is 1.59. The lowest BCUT2D eigenvalue weighted by Gasteiger charge is -2.10. The third-order valence-electron chi connectivity index (χ3n) is 2.70. The maximum Gasteiger partial charge on any atom is 0.253 e. The number of hydrogen-bond acceptors (Lipinski definition) is 5. The number of nitrogens with zero attached hydrogens (tertiary/aromatic N) is 2. The third-order valence-corrected chi connectivity index (χ3v) is 3.61. The third kappa shape index (κ3) is 3.77. The number of aromatic nitrogens is 2. The second kappa shape index (κ2) is 7.00. The van der Waals surface area contributed by atoms with Gasteiger partial charge in [0, 0.05) is 23.8 Å². The number of anilines is 1. The van der Waals surface area contributed by atoms with Gasteiger partial charge < -0.3 is 10.6 Å². The van der Waals surface area contributed by atoms with E-state index in [1.807, 2.05) is 13.1 Å². The summed E-state index contributed by atoms with van der Waals surface area (Å²) in [6.07, 6.45) is 6.11. The van der Waals surface area contributed by atoms with E-state index in [1.165, 1.54) is 0 Å². The Kier molecular flexibility index (Phi) is 5.06. The molecule has 0 aliphatic rings. The molecule has 2 aromatic rings. The lowest BCUT2D eigenvalue weighted by Crippen LogP contribution is -2.24. The molecule has 6 heteroatoms. The van der Waals surface area contributed by atoms with Crippen molar-refractivity contribution in [1.29, 1.82) is 0 Å². The van der Waals surface area contributed by atoms with Crippen LogP contribution in [-0.4, -0.2) is 22.4 Å². The first-order valence-corrected chi connectivity index (χ1v) is 7.39. The number of hydrogen-bond donors (Lipinski definition) is 2. The summed E-state index contributed by atoms with van der Waals surface area (Å²) in [7, 11) is 0. The molecule has 0 bridgehead atoms. The van der Waals surface area contributed by atoms with Gasteiger partial charge in [-0.25, -0.2) is 4.98 Å². The summed E-state index contributed by atoms with van der Waals surface area (Å²) in [5, 5.41) is 7.01. The van der Waals surface area contributed by atoms with Gasteiger partial charge in [0.15, 0.2) is 0 Å². The Bertz CT molecular complexity index is 582. The first-order valence-electron chi connectivity index (χ1n) is 6.58. The van der Waals surface area contributed by atoms with Crippen LogP contribution in [0.1, 0.15) is 33.6 Å². The predicted molar refractivity (Wildman–Crippen MR) is 81.0 cm³/mol. The molecule has 1 amide bonds. The molecule has 0 saturated carbocycles. The topological polar surface area (TPSA) is 66.9 Å². The number of thiazole rings is 1. The molecule has 0 atom stereocenters. The maximum atomic E-state index is 12.2. The molecule has 0 aliphatic heterocycles. The van der Waals surface area contributed by atoms with E-state index in [4.69, 9.17) is 0 Å². The fourth-order valence-corrected chi connectivity index (χ4v) is 2.45. The van der Waals surface area contributed by atoms with Gasteiger partial charge in [-0.05, 0) is 19.4 Å². The molecule has 2 heterocycles. The van der Waals surface area contributed by atoms with Crippen LogP contribution in [0.2, 0.25) is 0 Å². The first kappa shape index (κ1) is 14.5. The number of amides is 1. The van der Waals surface area contributed by atoms with E-state index in [2.05, 4.69) is 27.5 Å². The van der Waals surface area contributed by atoms with Crippen LogP contribution in [-0.2, 0) is 6.54 Å². The van der Waals surface area contributed by atoms with Gasteiger partial charge in [-0.1, -0.05) is 6.92 Å². The molecule has 2 N–H and O–H groups in total. The smallest absolute Gasteiger partial charge is 0.253 e. The van der Waals surface area contributed by atoms with Gasteiger partial charge in [-0.2, -0.15) is 0 Å². The van der Waals surface area contributed by atoms with Crippen molar-refractivity contribution in [2.24, 2.45) is 0 Å². The van der Waals surface area contributed by atoms with E-state index < -0.39 is 0 Å². The van der Waals surface area contributed by atoms with E-state index in [0.717, 1.165) is 28.5 Å². The predicted octanol–water partition coefficient (Wildman–Crippen LogP) is 2.60. The number of aryl methyl sites for hydroxylation is 1. The molecule has 106 valence electrons. The van der Waals surface area contributed by atoms with Gasteiger partial charge in [0.2, 0.25) is 0 Å². The SMILES string of the molecule is CCCNc1cnccc1C(=O)NCc1ncc(C)s1. The number of carbonyl (C=O) groups is 1. The Morgan fingerprint density at radius 3 is 2.95 bits per heavy atom. The van der Waals surface area contributed by atoms with Crippen LogP contribution in [0.3, 0.4) is 0 Å². The van der Waals surface area contributed by atoms with Crippen LogP contribution in [0.4, 0.5) is 5.69 Å². The molecular weight excluding hydrogens is 272 g/mol. The Labute approximate surface area is 122 Å². The number of nitrogens with one attached hydrogen (secondary N) is 2. The van der Waals surface area contributed by atoms with Gasteiger partial charge in [0.25, 0.3) is 5.91 Å². The molecule has 0 aliphatic carbocycles. The molecule has 0 spiro atoms. The summed E-state index contributed by atoms with van der Waals surface area (Å²) < 4.78 is 0. The van der Waals surface area contributed by atoms with Crippen LogP contribution in [0, 0.1) is 6.92 Å². The van der Waals surface area contributed by atoms with E-state index in [1.54, 1.807) is 29.8 Å². The zero-order chi connectivity index (χ0) is 14.4. The minimum atomic E-state index is -0.112. The van der Waals surface area contributed by atoms with Crippen molar-refractivity contribution in [2.75, 3.05) is 11.9 Å². The highest BCUT2D eigenvalue weighted by atomic mass is 32.1. The molecule has 2 rings (SSSR count). The highest BCUT2D eigenvalue weighted by Gasteiger charge is 2.11. The molecule has 0 saturated heterocycles. The monoisotopic (exact) mass is 290 g/mol.